The lowest BCUT2D eigenvalue weighted by Gasteiger charge is -2.25. The van der Waals surface area contributed by atoms with E-state index in [0.29, 0.717) is 29.5 Å². The number of anilines is 2. The predicted molar refractivity (Wildman–Crippen MR) is 125 cm³/mol. The van der Waals surface area contributed by atoms with Gasteiger partial charge in [0.1, 0.15) is 11.3 Å². The number of benzene rings is 1. The minimum Gasteiger partial charge on any atom is -0.497 e. The molecule has 2 atom stereocenters. The van der Waals surface area contributed by atoms with Crippen LogP contribution in [0.15, 0.2) is 51.9 Å². The van der Waals surface area contributed by atoms with Gasteiger partial charge in [-0.1, -0.05) is 0 Å². The van der Waals surface area contributed by atoms with Crippen LogP contribution < -0.4 is 20.1 Å². The minimum absolute atomic E-state index is 0.233. The third-order valence-electron chi connectivity index (χ3n) is 6.93. The SMILES string of the molecule is COc1ccc2oc(N3CC4C(C3)C4N(C)c3nc(-c4ccncc4F)cc(=O)n3C)nc2c1. The van der Waals surface area contributed by atoms with Crippen LogP contribution in [0, 0.1) is 17.7 Å². The summed E-state index contributed by atoms with van der Waals surface area (Å²) < 4.78 is 27.0. The van der Waals surface area contributed by atoms with Gasteiger partial charge >= 0.3 is 0 Å². The molecule has 0 radical (unpaired) electrons. The number of pyridine rings is 1. The van der Waals surface area contributed by atoms with Gasteiger partial charge < -0.3 is 19.0 Å². The van der Waals surface area contributed by atoms with E-state index in [-0.39, 0.29) is 17.2 Å². The highest BCUT2D eigenvalue weighted by Crippen LogP contribution is 2.50. The molecular weight excluding hydrogens is 439 g/mol. The highest BCUT2D eigenvalue weighted by atomic mass is 19.1. The maximum Gasteiger partial charge on any atom is 0.298 e. The van der Waals surface area contributed by atoms with Crippen LogP contribution in [-0.4, -0.2) is 52.8 Å². The van der Waals surface area contributed by atoms with Crippen molar-refractivity contribution in [3.8, 4) is 17.0 Å². The van der Waals surface area contributed by atoms with Gasteiger partial charge in [0, 0.05) is 69.0 Å². The highest BCUT2D eigenvalue weighted by Gasteiger charge is 2.59. The van der Waals surface area contributed by atoms with Gasteiger partial charge in [0.15, 0.2) is 11.4 Å². The number of piperidine rings is 1. The predicted octanol–water partition coefficient (Wildman–Crippen LogP) is 2.70. The van der Waals surface area contributed by atoms with Gasteiger partial charge in [-0.3, -0.25) is 14.3 Å². The van der Waals surface area contributed by atoms with Crippen molar-refractivity contribution < 1.29 is 13.5 Å². The van der Waals surface area contributed by atoms with E-state index in [4.69, 9.17) is 9.15 Å². The van der Waals surface area contributed by atoms with Crippen molar-refractivity contribution in [3.05, 3.63) is 58.9 Å². The Bertz CT molecular complexity index is 1450. The first-order valence-electron chi connectivity index (χ1n) is 11.0. The zero-order valence-corrected chi connectivity index (χ0v) is 19.0. The van der Waals surface area contributed by atoms with Gasteiger partial charge in [-0.15, -0.1) is 0 Å². The second-order valence-electron chi connectivity index (χ2n) is 8.86. The molecule has 1 aromatic carbocycles. The van der Waals surface area contributed by atoms with Crippen LogP contribution in [0.2, 0.25) is 0 Å². The lowest BCUT2D eigenvalue weighted by molar-refractivity contribution is 0.415. The van der Waals surface area contributed by atoms with E-state index in [1.807, 2.05) is 30.1 Å². The van der Waals surface area contributed by atoms with E-state index in [1.165, 1.54) is 22.9 Å². The molecule has 1 saturated heterocycles. The topological polar surface area (TPSA) is 89.5 Å². The maximum absolute atomic E-state index is 14.3. The Labute approximate surface area is 194 Å². The molecule has 1 saturated carbocycles. The second-order valence-corrected chi connectivity index (χ2v) is 8.86. The Balaban J connectivity index is 1.22. The Kier molecular flexibility index (Phi) is 4.58. The molecule has 1 aliphatic carbocycles. The molecule has 174 valence electrons. The standard InChI is InChI=1S/C24H23FN6O3/c1-29-21(32)9-18(14-6-7-26-10-17(14)25)27-23(29)30(2)22-15-11-31(12-16(15)22)24-28-19-8-13(33-3)4-5-20(19)34-24/h4-10,15-16,22H,11-12H2,1-3H3. The number of nitrogens with zero attached hydrogens (tertiary/aromatic N) is 6. The van der Waals surface area contributed by atoms with Crippen LogP contribution in [0.25, 0.3) is 22.4 Å². The molecule has 9 nitrogen and oxygen atoms in total. The van der Waals surface area contributed by atoms with Crippen molar-refractivity contribution in [3.63, 3.8) is 0 Å². The number of fused-ring (bicyclic) bond motifs is 2. The van der Waals surface area contributed by atoms with Gasteiger partial charge in [-0.2, -0.15) is 4.98 Å². The minimum atomic E-state index is -0.508. The zero-order valence-electron chi connectivity index (χ0n) is 19.0. The van der Waals surface area contributed by atoms with Crippen LogP contribution in [0.4, 0.5) is 16.4 Å². The molecule has 34 heavy (non-hydrogen) atoms. The first-order valence-corrected chi connectivity index (χ1v) is 11.0. The summed E-state index contributed by atoms with van der Waals surface area (Å²) in [6.07, 6.45) is 2.61. The number of halogens is 1. The average molecular weight is 462 g/mol. The van der Waals surface area contributed by atoms with Gasteiger partial charge in [0.25, 0.3) is 11.6 Å². The summed E-state index contributed by atoms with van der Waals surface area (Å²) in [5.74, 6) is 1.54. The van der Waals surface area contributed by atoms with E-state index in [1.54, 1.807) is 14.2 Å². The number of rotatable bonds is 5. The molecular formula is C24H23FN6O3. The van der Waals surface area contributed by atoms with Gasteiger partial charge in [-0.05, 0) is 18.2 Å². The van der Waals surface area contributed by atoms with Crippen molar-refractivity contribution in [1.82, 2.24) is 19.5 Å². The summed E-state index contributed by atoms with van der Waals surface area (Å²) in [7, 11) is 5.25. The molecule has 0 N–H and O–H groups in total. The number of aromatic nitrogens is 4. The molecule has 2 fully saturated rings. The van der Waals surface area contributed by atoms with Crippen LogP contribution in [0.3, 0.4) is 0 Å². The monoisotopic (exact) mass is 462 g/mol. The fraction of sp³-hybridized carbons (Fsp3) is 0.333. The third-order valence-corrected chi connectivity index (χ3v) is 6.93. The quantitative estimate of drug-likeness (QED) is 0.447. The first kappa shape index (κ1) is 20.6. The summed E-state index contributed by atoms with van der Waals surface area (Å²) in [6.45, 7) is 1.60. The summed E-state index contributed by atoms with van der Waals surface area (Å²) in [4.78, 5) is 29.9. The Morgan fingerprint density at radius 1 is 1.18 bits per heavy atom. The van der Waals surface area contributed by atoms with Crippen molar-refractivity contribution in [2.24, 2.45) is 18.9 Å². The smallest absolute Gasteiger partial charge is 0.298 e. The molecule has 4 aromatic rings. The van der Waals surface area contributed by atoms with Gasteiger partial charge in [0.05, 0.1) is 19.0 Å². The highest BCUT2D eigenvalue weighted by molar-refractivity contribution is 5.76. The molecule has 0 spiro atoms. The van der Waals surface area contributed by atoms with E-state index < -0.39 is 5.82 Å². The third kappa shape index (κ3) is 3.20. The number of methoxy groups -OCH3 is 1. The van der Waals surface area contributed by atoms with E-state index >= 15 is 0 Å². The number of oxazole rings is 1. The number of ether oxygens (including phenoxy) is 1. The summed E-state index contributed by atoms with van der Waals surface area (Å²) in [5, 5.41) is 0. The maximum atomic E-state index is 14.3. The molecule has 1 aliphatic heterocycles. The largest absolute Gasteiger partial charge is 0.497 e. The normalized spacial score (nSPS) is 21.1. The van der Waals surface area contributed by atoms with E-state index in [9.17, 15) is 9.18 Å². The molecule has 10 heteroatoms. The van der Waals surface area contributed by atoms with Crippen LogP contribution in [0.1, 0.15) is 0 Å². The molecule has 2 aliphatic rings. The van der Waals surface area contributed by atoms with E-state index in [0.717, 1.165) is 36.1 Å². The van der Waals surface area contributed by atoms with E-state index in [2.05, 4.69) is 19.9 Å². The summed E-state index contributed by atoms with van der Waals surface area (Å²) in [6, 6.07) is 9.30. The van der Waals surface area contributed by atoms with Crippen LogP contribution >= 0.6 is 0 Å². The second kappa shape index (κ2) is 7.54. The fourth-order valence-electron chi connectivity index (χ4n) is 5.08. The number of hydrogen-bond donors (Lipinski definition) is 0. The van der Waals surface area contributed by atoms with Crippen molar-refractivity contribution in [1.29, 1.82) is 0 Å². The fourth-order valence-corrected chi connectivity index (χ4v) is 5.08. The molecule has 2 unspecified atom stereocenters. The summed E-state index contributed by atoms with van der Waals surface area (Å²) in [5.41, 5.74) is 1.82. The molecule has 6 rings (SSSR count). The molecule has 0 bridgehead atoms. The van der Waals surface area contributed by atoms with Gasteiger partial charge in [-0.25, -0.2) is 9.37 Å². The lowest BCUT2D eigenvalue weighted by Crippen LogP contribution is -2.36. The van der Waals surface area contributed by atoms with Crippen molar-refractivity contribution >= 4 is 23.1 Å². The molecule has 4 heterocycles. The van der Waals surface area contributed by atoms with Crippen LogP contribution in [0.5, 0.6) is 5.75 Å². The molecule has 0 amide bonds. The van der Waals surface area contributed by atoms with Crippen molar-refractivity contribution in [2.45, 2.75) is 6.04 Å². The number of hydrogen-bond acceptors (Lipinski definition) is 8. The van der Waals surface area contributed by atoms with Crippen molar-refractivity contribution in [2.75, 3.05) is 37.0 Å². The summed E-state index contributed by atoms with van der Waals surface area (Å²) >= 11 is 0. The Morgan fingerprint density at radius 2 is 1.97 bits per heavy atom. The zero-order chi connectivity index (χ0) is 23.6. The Hall–Kier alpha value is -3.95. The average Bonchev–Trinajstić information content (AvgIpc) is 3.16. The van der Waals surface area contributed by atoms with Crippen LogP contribution in [-0.2, 0) is 7.05 Å². The lowest BCUT2D eigenvalue weighted by atomic mass is 10.2. The first-order chi connectivity index (χ1) is 16.4. The van der Waals surface area contributed by atoms with Gasteiger partial charge in [0.2, 0.25) is 5.95 Å². The molecule has 3 aromatic heterocycles. The Morgan fingerprint density at radius 3 is 2.71 bits per heavy atom.